The first kappa shape index (κ1) is 21.4. The predicted molar refractivity (Wildman–Crippen MR) is 114 cm³/mol. The number of rotatable bonds is 7. The van der Waals surface area contributed by atoms with E-state index in [-0.39, 0.29) is 24.6 Å². The SMILES string of the molecule is CC(C)NC(=O)NCc1ccc(C(=O)OCC(=O)Nc2ccc3c(c2)CCC3)cc1. The van der Waals surface area contributed by atoms with Crippen molar-refractivity contribution in [1.29, 1.82) is 0 Å². The summed E-state index contributed by atoms with van der Waals surface area (Å²) in [7, 11) is 0. The second-order valence-electron chi connectivity index (χ2n) is 7.64. The summed E-state index contributed by atoms with van der Waals surface area (Å²) < 4.78 is 5.11. The standard InChI is InChI=1S/C23H27N3O4/c1-15(2)25-23(29)24-13-16-6-8-18(9-7-16)22(28)30-14-21(27)26-20-11-10-17-4-3-5-19(17)12-20/h6-12,15H,3-5,13-14H2,1-2H3,(H,26,27)(H2,24,25,29). The third kappa shape index (κ3) is 6.07. The lowest BCUT2D eigenvalue weighted by Gasteiger charge is -2.10. The molecule has 0 aliphatic heterocycles. The molecule has 30 heavy (non-hydrogen) atoms. The second kappa shape index (κ2) is 9.91. The van der Waals surface area contributed by atoms with Crippen LogP contribution in [0.3, 0.4) is 0 Å². The van der Waals surface area contributed by atoms with Crippen LogP contribution < -0.4 is 16.0 Å². The smallest absolute Gasteiger partial charge is 0.338 e. The first-order valence-electron chi connectivity index (χ1n) is 10.1. The van der Waals surface area contributed by atoms with Crippen LogP contribution in [0.15, 0.2) is 42.5 Å². The number of hydrogen-bond donors (Lipinski definition) is 3. The van der Waals surface area contributed by atoms with Crippen molar-refractivity contribution in [3.63, 3.8) is 0 Å². The minimum atomic E-state index is -0.573. The van der Waals surface area contributed by atoms with Crippen molar-refractivity contribution >= 4 is 23.6 Å². The van der Waals surface area contributed by atoms with Gasteiger partial charge in [-0.15, -0.1) is 0 Å². The normalized spacial score (nSPS) is 12.2. The number of carbonyl (C=O) groups excluding carboxylic acids is 3. The molecule has 7 heteroatoms. The molecular weight excluding hydrogens is 382 g/mol. The number of ether oxygens (including phenoxy) is 1. The van der Waals surface area contributed by atoms with Gasteiger partial charge in [-0.3, -0.25) is 4.79 Å². The Bertz CT molecular complexity index is 923. The van der Waals surface area contributed by atoms with E-state index in [0.717, 1.165) is 30.5 Å². The molecule has 0 aromatic heterocycles. The third-order valence-electron chi connectivity index (χ3n) is 4.78. The average Bonchev–Trinajstić information content (AvgIpc) is 3.18. The van der Waals surface area contributed by atoms with Crippen molar-refractivity contribution in [3.8, 4) is 0 Å². The zero-order chi connectivity index (χ0) is 21.5. The van der Waals surface area contributed by atoms with E-state index in [1.54, 1.807) is 24.3 Å². The van der Waals surface area contributed by atoms with Gasteiger partial charge in [0.25, 0.3) is 5.91 Å². The number of fused-ring (bicyclic) bond motifs is 1. The highest BCUT2D eigenvalue weighted by molar-refractivity contribution is 5.95. The maximum absolute atomic E-state index is 12.2. The fourth-order valence-corrected chi connectivity index (χ4v) is 3.32. The molecule has 158 valence electrons. The maximum Gasteiger partial charge on any atom is 0.338 e. The van der Waals surface area contributed by atoms with E-state index >= 15 is 0 Å². The highest BCUT2D eigenvalue weighted by Gasteiger charge is 2.14. The van der Waals surface area contributed by atoms with Gasteiger partial charge in [0.05, 0.1) is 5.56 Å². The highest BCUT2D eigenvalue weighted by atomic mass is 16.5. The number of hydrogen-bond acceptors (Lipinski definition) is 4. The van der Waals surface area contributed by atoms with Crippen molar-refractivity contribution < 1.29 is 19.1 Å². The Morgan fingerprint density at radius 1 is 1.00 bits per heavy atom. The Labute approximate surface area is 176 Å². The topological polar surface area (TPSA) is 96.5 Å². The lowest BCUT2D eigenvalue weighted by molar-refractivity contribution is -0.119. The summed E-state index contributed by atoms with van der Waals surface area (Å²) in [4.78, 5) is 35.9. The van der Waals surface area contributed by atoms with Gasteiger partial charge in [0, 0.05) is 18.3 Å². The van der Waals surface area contributed by atoms with Crippen LogP contribution >= 0.6 is 0 Å². The van der Waals surface area contributed by atoms with Gasteiger partial charge in [-0.2, -0.15) is 0 Å². The fraction of sp³-hybridized carbons (Fsp3) is 0.348. The molecule has 1 aliphatic rings. The molecular formula is C23H27N3O4. The van der Waals surface area contributed by atoms with Crippen molar-refractivity contribution in [3.05, 3.63) is 64.7 Å². The fourth-order valence-electron chi connectivity index (χ4n) is 3.32. The molecule has 0 saturated carbocycles. The molecule has 0 fully saturated rings. The van der Waals surface area contributed by atoms with Gasteiger partial charge >= 0.3 is 12.0 Å². The molecule has 0 radical (unpaired) electrons. The zero-order valence-electron chi connectivity index (χ0n) is 17.3. The van der Waals surface area contributed by atoms with Gasteiger partial charge in [0.1, 0.15) is 0 Å². The number of anilines is 1. The van der Waals surface area contributed by atoms with Crippen molar-refractivity contribution in [1.82, 2.24) is 10.6 Å². The molecule has 0 bridgehead atoms. The molecule has 1 aliphatic carbocycles. The summed E-state index contributed by atoms with van der Waals surface area (Å²) in [6.45, 7) is 3.75. The van der Waals surface area contributed by atoms with Crippen LogP contribution in [0, 0.1) is 0 Å². The van der Waals surface area contributed by atoms with E-state index in [4.69, 9.17) is 4.74 Å². The number of urea groups is 1. The Kier molecular flexibility index (Phi) is 7.06. The van der Waals surface area contributed by atoms with Gasteiger partial charge in [-0.05, 0) is 74.1 Å². The predicted octanol–water partition coefficient (Wildman–Crippen LogP) is 3.18. The minimum absolute atomic E-state index is 0.0574. The zero-order valence-corrected chi connectivity index (χ0v) is 17.3. The molecule has 2 aromatic carbocycles. The Morgan fingerprint density at radius 2 is 1.73 bits per heavy atom. The Morgan fingerprint density at radius 3 is 2.47 bits per heavy atom. The van der Waals surface area contributed by atoms with E-state index in [1.165, 1.54) is 11.1 Å². The minimum Gasteiger partial charge on any atom is -0.452 e. The third-order valence-corrected chi connectivity index (χ3v) is 4.78. The van der Waals surface area contributed by atoms with Crippen LogP contribution in [0.25, 0.3) is 0 Å². The van der Waals surface area contributed by atoms with E-state index in [9.17, 15) is 14.4 Å². The van der Waals surface area contributed by atoms with Crippen LogP contribution in [0.5, 0.6) is 0 Å². The first-order valence-corrected chi connectivity index (χ1v) is 10.1. The van der Waals surface area contributed by atoms with Crippen LogP contribution in [-0.4, -0.2) is 30.6 Å². The summed E-state index contributed by atoms with van der Waals surface area (Å²) in [6, 6.07) is 12.4. The van der Waals surface area contributed by atoms with Crippen LogP contribution in [0.4, 0.5) is 10.5 Å². The molecule has 0 spiro atoms. The highest BCUT2D eigenvalue weighted by Crippen LogP contribution is 2.24. The van der Waals surface area contributed by atoms with Crippen molar-refractivity contribution in [2.75, 3.05) is 11.9 Å². The number of benzene rings is 2. The van der Waals surface area contributed by atoms with Gasteiger partial charge < -0.3 is 20.7 Å². The number of esters is 1. The number of carbonyl (C=O) groups is 3. The van der Waals surface area contributed by atoms with Gasteiger partial charge in [-0.25, -0.2) is 9.59 Å². The maximum atomic E-state index is 12.2. The van der Waals surface area contributed by atoms with Crippen LogP contribution in [0.1, 0.15) is 47.3 Å². The van der Waals surface area contributed by atoms with Crippen LogP contribution in [-0.2, 0) is 28.9 Å². The summed E-state index contributed by atoms with van der Waals surface area (Å²) in [5.74, 6) is -0.950. The summed E-state index contributed by atoms with van der Waals surface area (Å²) in [6.07, 6.45) is 3.26. The Balaban J connectivity index is 1.44. The Hall–Kier alpha value is -3.35. The monoisotopic (exact) mass is 409 g/mol. The summed E-state index contributed by atoms with van der Waals surface area (Å²) in [5.41, 5.74) is 4.50. The summed E-state index contributed by atoms with van der Waals surface area (Å²) in [5, 5.41) is 8.24. The van der Waals surface area contributed by atoms with Crippen molar-refractivity contribution in [2.45, 2.75) is 45.7 Å². The van der Waals surface area contributed by atoms with Gasteiger partial charge in [0.2, 0.25) is 0 Å². The second-order valence-corrected chi connectivity index (χ2v) is 7.64. The lowest BCUT2D eigenvalue weighted by Crippen LogP contribution is -2.39. The van der Waals surface area contributed by atoms with Crippen molar-refractivity contribution in [2.24, 2.45) is 0 Å². The van der Waals surface area contributed by atoms with Crippen LogP contribution in [0.2, 0.25) is 0 Å². The first-order chi connectivity index (χ1) is 14.4. The molecule has 3 N–H and O–H groups in total. The molecule has 3 amide bonds. The molecule has 7 nitrogen and oxygen atoms in total. The van der Waals surface area contributed by atoms with E-state index < -0.39 is 5.97 Å². The number of aryl methyl sites for hydroxylation is 2. The van der Waals surface area contributed by atoms with Gasteiger partial charge in [-0.1, -0.05) is 18.2 Å². The number of nitrogens with one attached hydrogen (secondary N) is 3. The quantitative estimate of drug-likeness (QED) is 0.612. The van der Waals surface area contributed by atoms with E-state index in [0.29, 0.717) is 12.1 Å². The lowest BCUT2D eigenvalue weighted by atomic mass is 10.1. The largest absolute Gasteiger partial charge is 0.452 e. The molecule has 0 saturated heterocycles. The molecule has 0 atom stereocenters. The average molecular weight is 409 g/mol. The molecule has 3 rings (SSSR count). The molecule has 0 unspecified atom stereocenters. The van der Waals surface area contributed by atoms with E-state index in [2.05, 4.69) is 16.0 Å². The number of amides is 3. The van der Waals surface area contributed by atoms with E-state index in [1.807, 2.05) is 32.0 Å². The molecule has 0 heterocycles. The summed E-state index contributed by atoms with van der Waals surface area (Å²) >= 11 is 0. The van der Waals surface area contributed by atoms with Gasteiger partial charge in [0.15, 0.2) is 6.61 Å². The molecule has 2 aromatic rings.